The van der Waals surface area contributed by atoms with Gasteiger partial charge in [0, 0.05) is 24.2 Å². The molecule has 2 rings (SSSR count). The van der Waals surface area contributed by atoms with E-state index in [9.17, 15) is 13.2 Å². The lowest BCUT2D eigenvalue weighted by Crippen LogP contribution is -2.46. The third-order valence-corrected chi connectivity index (χ3v) is 5.40. The molecule has 3 N–H and O–H groups in total. The van der Waals surface area contributed by atoms with Gasteiger partial charge in [-0.2, -0.15) is 0 Å². The van der Waals surface area contributed by atoms with Crippen molar-refractivity contribution in [2.75, 3.05) is 12.3 Å². The summed E-state index contributed by atoms with van der Waals surface area (Å²) in [6, 6.07) is 7.64. The number of benzene rings is 1. The van der Waals surface area contributed by atoms with Gasteiger partial charge in [-0.25, -0.2) is 13.1 Å². The summed E-state index contributed by atoms with van der Waals surface area (Å²) in [7, 11) is -3.20. The highest BCUT2D eigenvalue weighted by Crippen LogP contribution is 2.10. The van der Waals surface area contributed by atoms with Crippen LogP contribution in [0.15, 0.2) is 24.3 Å². The van der Waals surface area contributed by atoms with Gasteiger partial charge in [-0.05, 0) is 50.9 Å². The van der Waals surface area contributed by atoms with E-state index in [1.54, 1.807) is 31.2 Å². The molecular formula is C16H25N3O3S. The second-order valence-corrected chi connectivity index (χ2v) is 8.07. The third kappa shape index (κ3) is 5.60. The van der Waals surface area contributed by atoms with Gasteiger partial charge in [0.05, 0.1) is 5.75 Å². The largest absolute Gasteiger partial charge is 0.349 e. The van der Waals surface area contributed by atoms with Crippen LogP contribution in [0.1, 0.15) is 42.6 Å². The molecule has 0 saturated carbocycles. The van der Waals surface area contributed by atoms with Crippen molar-refractivity contribution in [2.24, 2.45) is 0 Å². The van der Waals surface area contributed by atoms with E-state index in [2.05, 4.69) is 22.3 Å². The first-order valence-electron chi connectivity index (χ1n) is 8.00. The van der Waals surface area contributed by atoms with Crippen molar-refractivity contribution in [1.82, 2.24) is 15.4 Å². The maximum Gasteiger partial charge on any atom is 0.251 e. The summed E-state index contributed by atoms with van der Waals surface area (Å²) in [5.41, 5.74) is 1.42. The van der Waals surface area contributed by atoms with E-state index in [0.29, 0.717) is 11.6 Å². The zero-order chi connectivity index (χ0) is 16.9. The van der Waals surface area contributed by atoms with Crippen LogP contribution in [-0.4, -0.2) is 38.7 Å². The Morgan fingerprint density at radius 3 is 2.61 bits per heavy atom. The molecular weight excluding hydrogens is 314 g/mol. The minimum absolute atomic E-state index is 0.0577. The van der Waals surface area contributed by atoms with Crippen LogP contribution in [0, 0.1) is 0 Å². The molecule has 1 aromatic rings. The monoisotopic (exact) mass is 339 g/mol. The number of hydrogen-bond acceptors (Lipinski definition) is 4. The quantitative estimate of drug-likeness (QED) is 0.721. The molecule has 1 saturated heterocycles. The fourth-order valence-corrected chi connectivity index (χ4v) is 3.19. The smallest absolute Gasteiger partial charge is 0.251 e. The lowest BCUT2D eigenvalue weighted by molar-refractivity contribution is 0.0925. The third-order valence-electron chi connectivity index (χ3n) is 4.05. The van der Waals surface area contributed by atoms with Crippen LogP contribution in [0.5, 0.6) is 0 Å². The minimum Gasteiger partial charge on any atom is -0.349 e. The Bertz CT molecular complexity index is 628. The summed E-state index contributed by atoms with van der Waals surface area (Å²) >= 11 is 0. The maximum atomic E-state index is 12.3. The first-order chi connectivity index (χ1) is 10.9. The molecule has 1 heterocycles. The van der Waals surface area contributed by atoms with Crippen LogP contribution >= 0.6 is 0 Å². The predicted octanol–water partition coefficient (Wildman–Crippen LogP) is 0.996. The van der Waals surface area contributed by atoms with Gasteiger partial charge in [0.25, 0.3) is 5.91 Å². The van der Waals surface area contributed by atoms with Gasteiger partial charge in [0.2, 0.25) is 10.0 Å². The summed E-state index contributed by atoms with van der Waals surface area (Å²) in [4.78, 5) is 12.3. The molecule has 1 amide bonds. The summed E-state index contributed by atoms with van der Waals surface area (Å²) in [6.45, 7) is 4.87. The Morgan fingerprint density at radius 1 is 1.30 bits per heavy atom. The zero-order valence-electron chi connectivity index (χ0n) is 13.6. The van der Waals surface area contributed by atoms with Crippen molar-refractivity contribution in [1.29, 1.82) is 0 Å². The van der Waals surface area contributed by atoms with E-state index in [-0.39, 0.29) is 24.2 Å². The number of hydrogen-bond donors (Lipinski definition) is 3. The lowest BCUT2D eigenvalue weighted by atomic mass is 10.00. The molecule has 0 radical (unpaired) electrons. The standard InChI is InChI=1S/C16H25N3O3S/c1-3-23(21,22)18-11-13-4-6-14(7-5-13)16(20)19-15-8-9-17-12(2)10-15/h4-7,12,15,17-18H,3,8-11H2,1-2H3,(H,19,20). The second kappa shape index (κ2) is 7.90. The van der Waals surface area contributed by atoms with Crippen molar-refractivity contribution >= 4 is 15.9 Å². The first kappa shape index (κ1) is 17.9. The average molecular weight is 339 g/mol. The summed E-state index contributed by atoms with van der Waals surface area (Å²) in [6.07, 6.45) is 1.87. The molecule has 0 bridgehead atoms. The van der Waals surface area contributed by atoms with E-state index in [0.717, 1.165) is 24.9 Å². The Kier molecular flexibility index (Phi) is 6.15. The number of sulfonamides is 1. The molecule has 0 aliphatic carbocycles. The van der Waals surface area contributed by atoms with Crippen molar-refractivity contribution in [3.63, 3.8) is 0 Å². The van der Waals surface area contributed by atoms with Crippen LogP contribution in [0.4, 0.5) is 0 Å². The highest BCUT2D eigenvalue weighted by atomic mass is 32.2. The first-order valence-corrected chi connectivity index (χ1v) is 9.65. The van der Waals surface area contributed by atoms with E-state index in [1.165, 1.54) is 0 Å². The normalized spacial score (nSPS) is 21.8. The average Bonchev–Trinajstić information content (AvgIpc) is 2.53. The van der Waals surface area contributed by atoms with Gasteiger partial charge in [0.15, 0.2) is 0 Å². The molecule has 0 spiro atoms. The van der Waals surface area contributed by atoms with Crippen molar-refractivity contribution in [3.8, 4) is 0 Å². The molecule has 1 aromatic carbocycles. The van der Waals surface area contributed by atoms with Gasteiger partial charge < -0.3 is 10.6 Å². The molecule has 1 aliphatic heterocycles. The Balaban J connectivity index is 1.89. The number of piperidine rings is 1. The summed E-state index contributed by atoms with van der Waals surface area (Å²) in [5.74, 6) is -0.0212. The molecule has 0 aromatic heterocycles. The van der Waals surface area contributed by atoms with E-state index in [1.807, 2.05) is 0 Å². The van der Waals surface area contributed by atoms with Crippen LogP contribution in [0.2, 0.25) is 0 Å². The molecule has 128 valence electrons. The highest BCUT2D eigenvalue weighted by molar-refractivity contribution is 7.89. The van der Waals surface area contributed by atoms with E-state index < -0.39 is 10.0 Å². The van der Waals surface area contributed by atoms with Crippen LogP contribution in [0.25, 0.3) is 0 Å². The van der Waals surface area contributed by atoms with Crippen molar-refractivity contribution in [3.05, 3.63) is 35.4 Å². The zero-order valence-corrected chi connectivity index (χ0v) is 14.4. The van der Waals surface area contributed by atoms with Crippen molar-refractivity contribution < 1.29 is 13.2 Å². The van der Waals surface area contributed by atoms with Gasteiger partial charge in [-0.3, -0.25) is 4.79 Å². The van der Waals surface area contributed by atoms with Crippen LogP contribution in [-0.2, 0) is 16.6 Å². The number of amides is 1. The summed E-state index contributed by atoms with van der Waals surface area (Å²) < 4.78 is 25.3. The SMILES string of the molecule is CCS(=O)(=O)NCc1ccc(C(=O)NC2CCNC(C)C2)cc1. The predicted molar refractivity (Wildman–Crippen MR) is 90.7 cm³/mol. The van der Waals surface area contributed by atoms with Crippen LogP contribution in [0.3, 0.4) is 0 Å². The molecule has 6 nitrogen and oxygen atoms in total. The summed E-state index contributed by atoms with van der Waals surface area (Å²) in [5, 5.41) is 6.42. The van der Waals surface area contributed by atoms with Gasteiger partial charge in [-0.1, -0.05) is 12.1 Å². The van der Waals surface area contributed by atoms with E-state index >= 15 is 0 Å². The maximum absolute atomic E-state index is 12.3. The molecule has 23 heavy (non-hydrogen) atoms. The fourth-order valence-electron chi connectivity index (χ4n) is 2.60. The molecule has 7 heteroatoms. The fraction of sp³-hybridized carbons (Fsp3) is 0.562. The number of carbonyl (C=O) groups is 1. The second-order valence-electron chi connectivity index (χ2n) is 5.97. The highest BCUT2D eigenvalue weighted by Gasteiger charge is 2.20. The van der Waals surface area contributed by atoms with Gasteiger partial charge >= 0.3 is 0 Å². The number of carbonyl (C=O) groups excluding carboxylic acids is 1. The van der Waals surface area contributed by atoms with Crippen LogP contribution < -0.4 is 15.4 Å². The van der Waals surface area contributed by atoms with E-state index in [4.69, 9.17) is 0 Å². The molecule has 1 fully saturated rings. The molecule has 2 atom stereocenters. The Hall–Kier alpha value is -1.44. The molecule has 2 unspecified atom stereocenters. The Labute approximate surface area is 138 Å². The lowest BCUT2D eigenvalue weighted by Gasteiger charge is -2.28. The van der Waals surface area contributed by atoms with Gasteiger partial charge in [-0.15, -0.1) is 0 Å². The number of nitrogens with one attached hydrogen (secondary N) is 3. The van der Waals surface area contributed by atoms with Gasteiger partial charge in [0.1, 0.15) is 0 Å². The van der Waals surface area contributed by atoms with Crippen molar-refractivity contribution in [2.45, 2.75) is 45.3 Å². The molecule has 1 aliphatic rings. The topological polar surface area (TPSA) is 87.3 Å². The Morgan fingerprint density at radius 2 is 2.00 bits per heavy atom. The minimum atomic E-state index is -3.20. The number of rotatable bonds is 6.